The third kappa shape index (κ3) is 3.26. The predicted molar refractivity (Wildman–Crippen MR) is 72.0 cm³/mol. The summed E-state index contributed by atoms with van der Waals surface area (Å²) in [6.07, 6.45) is 3.19. The number of aryl methyl sites for hydroxylation is 1. The van der Waals surface area contributed by atoms with Gasteiger partial charge in [-0.1, -0.05) is 5.16 Å². The smallest absolute Gasteiger partial charge is 0.227 e. The molecule has 0 radical (unpaired) electrons. The van der Waals surface area contributed by atoms with Gasteiger partial charge in [-0.3, -0.25) is 4.98 Å². The quantitative estimate of drug-likeness (QED) is 0.756. The average Bonchev–Trinajstić information content (AvgIpc) is 2.75. The average molecular weight is 381 g/mol. The summed E-state index contributed by atoms with van der Waals surface area (Å²) in [6.45, 7) is 0. The highest BCUT2D eigenvalue weighted by Gasteiger charge is 2.13. The number of hydrogen-bond acceptors (Lipinski definition) is 4. The van der Waals surface area contributed by atoms with Gasteiger partial charge < -0.3 is 4.52 Å². The van der Waals surface area contributed by atoms with Crippen LogP contribution in [-0.4, -0.2) is 21.0 Å². The molecule has 0 amide bonds. The molecule has 2 rings (SSSR count). The number of halogens is 3. The normalized spacial score (nSPS) is 10.8. The molecule has 0 fully saturated rings. The Balaban J connectivity index is 2.24. The Morgan fingerprint density at radius 3 is 2.88 bits per heavy atom. The fraction of sp³-hybridized carbons (Fsp3) is 0.300. The van der Waals surface area contributed by atoms with Gasteiger partial charge in [0.05, 0.1) is 0 Å². The van der Waals surface area contributed by atoms with Gasteiger partial charge in [-0.25, -0.2) is 0 Å². The molecule has 0 saturated carbocycles. The highest BCUT2D eigenvalue weighted by molar-refractivity contribution is 9.11. The predicted octanol–water partition coefficient (Wildman–Crippen LogP) is 3.83. The number of pyridine rings is 1. The minimum absolute atomic E-state index is 0.481. The molecule has 2 aromatic rings. The van der Waals surface area contributed by atoms with E-state index in [1.54, 1.807) is 6.20 Å². The van der Waals surface area contributed by atoms with Gasteiger partial charge in [0, 0.05) is 27.4 Å². The summed E-state index contributed by atoms with van der Waals surface area (Å²) in [4.78, 5) is 8.50. The van der Waals surface area contributed by atoms with E-state index in [9.17, 15) is 0 Å². The molecule has 0 atom stereocenters. The third-order valence-electron chi connectivity index (χ3n) is 2.01. The van der Waals surface area contributed by atoms with Gasteiger partial charge in [-0.2, -0.15) is 4.98 Å². The van der Waals surface area contributed by atoms with Crippen molar-refractivity contribution in [3.8, 4) is 11.5 Å². The van der Waals surface area contributed by atoms with Crippen molar-refractivity contribution < 1.29 is 4.52 Å². The lowest BCUT2D eigenvalue weighted by atomic mass is 10.3. The lowest BCUT2D eigenvalue weighted by Crippen LogP contribution is -1.89. The second-order valence-corrected chi connectivity index (χ2v) is 5.44. The zero-order valence-electron chi connectivity index (χ0n) is 8.66. The van der Waals surface area contributed by atoms with Crippen LogP contribution in [0.2, 0.25) is 0 Å². The van der Waals surface area contributed by atoms with Crippen LogP contribution in [0.4, 0.5) is 0 Å². The van der Waals surface area contributed by atoms with Gasteiger partial charge in [0.1, 0.15) is 5.69 Å². The molecule has 4 nitrogen and oxygen atoms in total. The molecule has 0 bridgehead atoms. The number of nitrogens with zero attached hydrogens (tertiary/aromatic N) is 3. The molecule has 2 heterocycles. The first kappa shape index (κ1) is 13.0. The Hall–Kier alpha value is -0.460. The maximum absolute atomic E-state index is 5.60. The summed E-state index contributed by atoms with van der Waals surface area (Å²) in [5, 5.41) is 3.89. The second kappa shape index (κ2) is 5.93. The summed E-state index contributed by atoms with van der Waals surface area (Å²) in [5.74, 6) is 1.64. The van der Waals surface area contributed by atoms with Crippen LogP contribution in [0.1, 0.15) is 12.3 Å². The Morgan fingerprint density at radius 1 is 1.35 bits per heavy atom. The van der Waals surface area contributed by atoms with Crippen LogP contribution in [0.15, 0.2) is 25.7 Å². The molecule has 0 unspecified atom stereocenters. The van der Waals surface area contributed by atoms with Crippen molar-refractivity contribution in [3.05, 3.63) is 27.1 Å². The summed E-state index contributed by atoms with van der Waals surface area (Å²) in [7, 11) is 0. The summed E-state index contributed by atoms with van der Waals surface area (Å²) < 4.78 is 6.82. The van der Waals surface area contributed by atoms with Crippen molar-refractivity contribution in [2.24, 2.45) is 0 Å². The maximum atomic E-state index is 5.60. The van der Waals surface area contributed by atoms with E-state index in [1.807, 2.05) is 6.07 Å². The molecule has 0 aliphatic rings. The molecular weight excluding hydrogens is 373 g/mol. The Labute approximate surface area is 120 Å². The zero-order valence-corrected chi connectivity index (χ0v) is 12.6. The monoisotopic (exact) mass is 379 g/mol. The van der Waals surface area contributed by atoms with Crippen LogP contribution in [0.3, 0.4) is 0 Å². The van der Waals surface area contributed by atoms with Gasteiger partial charge in [0.2, 0.25) is 11.7 Å². The standard InChI is InChI=1S/C10H8Br2ClN3O/c11-6-4-7(12)9(14-5-6)10-15-8(17-16-10)2-1-3-13/h4-5H,1-3H2. The summed E-state index contributed by atoms with van der Waals surface area (Å²) in [6, 6.07) is 1.89. The molecule has 0 N–H and O–H groups in total. The van der Waals surface area contributed by atoms with Gasteiger partial charge in [-0.05, 0) is 44.3 Å². The number of rotatable bonds is 4. The molecule has 2 aromatic heterocycles. The first-order chi connectivity index (χ1) is 8.20. The lowest BCUT2D eigenvalue weighted by Gasteiger charge is -1.97. The van der Waals surface area contributed by atoms with Crippen molar-refractivity contribution in [1.29, 1.82) is 0 Å². The highest BCUT2D eigenvalue weighted by atomic mass is 79.9. The summed E-state index contributed by atoms with van der Waals surface area (Å²) >= 11 is 12.4. The molecule has 0 aliphatic carbocycles. The molecule has 17 heavy (non-hydrogen) atoms. The van der Waals surface area contributed by atoms with Gasteiger partial charge in [0.25, 0.3) is 0 Å². The molecule has 0 spiro atoms. The second-order valence-electron chi connectivity index (χ2n) is 3.29. The van der Waals surface area contributed by atoms with Crippen LogP contribution < -0.4 is 0 Å². The van der Waals surface area contributed by atoms with E-state index >= 15 is 0 Å². The van der Waals surface area contributed by atoms with Gasteiger partial charge >= 0.3 is 0 Å². The zero-order chi connectivity index (χ0) is 12.3. The number of hydrogen-bond donors (Lipinski definition) is 0. The van der Waals surface area contributed by atoms with Crippen LogP contribution in [0, 0.1) is 0 Å². The molecular formula is C10H8Br2ClN3O. The topological polar surface area (TPSA) is 51.8 Å². The maximum Gasteiger partial charge on any atom is 0.227 e. The Bertz CT molecular complexity index is 518. The molecule has 90 valence electrons. The SMILES string of the molecule is ClCCCc1nc(-c2ncc(Br)cc2Br)no1. The van der Waals surface area contributed by atoms with E-state index in [2.05, 4.69) is 47.0 Å². The molecule has 0 saturated heterocycles. The van der Waals surface area contributed by atoms with Gasteiger partial charge in [-0.15, -0.1) is 11.6 Å². The number of aromatic nitrogens is 3. The van der Waals surface area contributed by atoms with Crippen molar-refractivity contribution in [2.45, 2.75) is 12.8 Å². The van der Waals surface area contributed by atoms with Crippen LogP contribution in [0.25, 0.3) is 11.5 Å². The van der Waals surface area contributed by atoms with Crippen molar-refractivity contribution in [2.75, 3.05) is 5.88 Å². The fourth-order valence-electron chi connectivity index (χ4n) is 1.25. The van der Waals surface area contributed by atoms with E-state index in [1.165, 1.54) is 0 Å². The van der Waals surface area contributed by atoms with E-state index < -0.39 is 0 Å². The van der Waals surface area contributed by atoms with Crippen molar-refractivity contribution in [1.82, 2.24) is 15.1 Å². The first-order valence-corrected chi connectivity index (χ1v) is 7.02. The van der Waals surface area contributed by atoms with E-state index in [-0.39, 0.29) is 0 Å². The van der Waals surface area contributed by atoms with E-state index in [0.717, 1.165) is 15.4 Å². The van der Waals surface area contributed by atoms with Crippen molar-refractivity contribution in [3.63, 3.8) is 0 Å². The largest absolute Gasteiger partial charge is 0.339 e. The lowest BCUT2D eigenvalue weighted by molar-refractivity contribution is 0.378. The van der Waals surface area contributed by atoms with Crippen LogP contribution in [0.5, 0.6) is 0 Å². The van der Waals surface area contributed by atoms with Crippen molar-refractivity contribution >= 4 is 43.5 Å². The van der Waals surface area contributed by atoms with Gasteiger partial charge in [0.15, 0.2) is 0 Å². The Kier molecular flexibility index (Phi) is 4.53. The third-order valence-corrected chi connectivity index (χ3v) is 3.32. The fourth-order valence-corrected chi connectivity index (χ4v) is 2.55. The minimum Gasteiger partial charge on any atom is -0.339 e. The molecule has 0 aromatic carbocycles. The molecule has 7 heteroatoms. The van der Waals surface area contributed by atoms with E-state index in [0.29, 0.717) is 29.7 Å². The summed E-state index contributed by atoms with van der Waals surface area (Å²) in [5.41, 5.74) is 0.661. The first-order valence-electron chi connectivity index (χ1n) is 4.90. The minimum atomic E-state index is 0.481. The van der Waals surface area contributed by atoms with Crippen LogP contribution >= 0.6 is 43.5 Å². The highest BCUT2D eigenvalue weighted by Crippen LogP contribution is 2.26. The van der Waals surface area contributed by atoms with Crippen LogP contribution in [-0.2, 0) is 6.42 Å². The van der Waals surface area contributed by atoms with E-state index in [4.69, 9.17) is 16.1 Å². The molecule has 0 aliphatic heterocycles. The Morgan fingerprint density at radius 2 is 2.18 bits per heavy atom. The number of alkyl halides is 1.